The molecule has 1 heterocycles. The summed E-state index contributed by atoms with van der Waals surface area (Å²) in [4.78, 5) is 15.6. The van der Waals surface area contributed by atoms with Gasteiger partial charge in [-0.15, -0.1) is 0 Å². The van der Waals surface area contributed by atoms with Gasteiger partial charge in [0.15, 0.2) is 5.78 Å². The summed E-state index contributed by atoms with van der Waals surface area (Å²) >= 11 is 0. The van der Waals surface area contributed by atoms with Crippen LogP contribution in [-0.2, 0) is 11.0 Å². The number of pyridine rings is 1. The molecule has 1 saturated carbocycles. The summed E-state index contributed by atoms with van der Waals surface area (Å²) in [6, 6.07) is 3.77. The molecule has 19 heavy (non-hydrogen) atoms. The second kappa shape index (κ2) is 4.65. The quantitative estimate of drug-likeness (QED) is 0.846. The lowest BCUT2D eigenvalue weighted by molar-refractivity contribution is -0.137. The SMILES string of the molecule is CC1CC1C(=O)C(C#N)c1ccc(C(F)(F)F)cn1. The molecule has 0 N–H and O–H groups in total. The maximum Gasteiger partial charge on any atom is 0.417 e. The number of hydrogen-bond acceptors (Lipinski definition) is 3. The molecule has 0 bridgehead atoms. The number of carbonyl (C=O) groups excluding carboxylic acids is 1. The van der Waals surface area contributed by atoms with E-state index in [9.17, 15) is 18.0 Å². The van der Waals surface area contributed by atoms with E-state index in [0.29, 0.717) is 6.20 Å². The summed E-state index contributed by atoms with van der Waals surface area (Å²) in [5.41, 5.74) is -0.806. The van der Waals surface area contributed by atoms with Gasteiger partial charge in [0.25, 0.3) is 0 Å². The van der Waals surface area contributed by atoms with Gasteiger partial charge >= 0.3 is 6.18 Å². The lowest BCUT2D eigenvalue weighted by Gasteiger charge is -2.09. The van der Waals surface area contributed by atoms with Gasteiger partial charge in [-0.05, 0) is 24.5 Å². The van der Waals surface area contributed by atoms with Crippen LogP contribution in [0.25, 0.3) is 0 Å². The summed E-state index contributed by atoms with van der Waals surface area (Å²) in [7, 11) is 0. The van der Waals surface area contributed by atoms with Crippen molar-refractivity contribution in [1.29, 1.82) is 5.26 Å². The minimum atomic E-state index is -4.47. The van der Waals surface area contributed by atoms with E-state index in [1.165, 1.54) is 0 Å². The predicted molar refractivity (Wildman–Crippen MR) is 59.9 cm³/mol. The van der Waals surface area contributed by atoms with E-state index in [1.54, 1.807) is 0 Å². The van der Waals surface area contributed by atoms with Crippen molar-refractivity contribution in [3.05, 3.63) is 29.6 Å². The molecule has 1 aromatic rings. The molecule has 2 rings (SSSR count). The third-order valence-electron chi connectivity index (χ3n) is 3.30. The van der Waals surface area contributed by atoms with Crippen LogP contribution in [0, 0.1) is 23.2 Å². The van der Waals surface area contributed by atoms with Crippen molar-refractivity contribution in [2.75, 3.05) is 0 Å². The number of nitriles is 1. The van der Waals surface area contributed by atoms with E-state index >= 15 is 0 Å². The zero-order chi connectivity index (χ0) is 14.2. The van der Waals surface area contributed by atoms with Crippen molar-refractivity contribution in [2.24, 2.45) is 11.8 Å². The van der Waals surface area contributed by atoms with Gasteiger partial charge in [0.1, 0.15) is 5.92 Å². The smallest absolute Gasteiger partial charge is 0.297 e. The first-order valence-corrected chi connectivity index (χ1v) is 5.81. The molecule has 1 fully saturated rings. The first kappa shape index (κ1) is 13.5. The fourth-order valence-corrected chi connectivity index (χ4v) is 1.95. The van der Waals surface area contributed by atoms with Gasteiger partial charge in [-0.25, -0.2) is 0 Å². The second-order valence-electron chi connectivity index (χ2n) is 4.75. The number of alkyl halides is 3. The molecule has 3 nitrogen and oxygen atoms in total. The van der Waals surface area contributed by atoms with Crippen LogP contribution in [0.4, 0.5) is 13.2 Å². The summed E-state index contributed by atoms with van der Waals surface area (Å²) in [5, 5.41) is 9.01. The molecule has 1 aliphatic rings. The highest BCUT2D eigenvalue weighted by Gasteiger charge is 2.43. The molecular weight excluding hydrogens is 257 g/mol. The van der Waals surface area contributed by atoms with E-state index in [4.69, 9.17) is 5.26 Å². The number of nitrogens with zero attached hydrogens (tertiary/aromatic N) is 2. The molecule has 6 heteroatoms. The average molecular weight is 268 g/mol. The van der Waals surface area contributed by atoms with E-state index in [0.717, 1.165) is 18.6 Å². The highest BCUT2D eigenvalue weighted by molar-refractivity contribution is 5.92. The Morgan fingerprint density at radius 1 is 1.53 bits per heavy atom. The summed E-state index contributed by atoms with van der Waals surface area (Å²) in [6.45, 7) is 1.90. The van der Waals surface area contributed by atoms with Crippen LogP contribution in [0.2, 0.25) is 0 Å². The first-order chi connectivity index (χ1) is 8.84. The monoisotopic (exact) mass is 268 g/mol. The Hall–Kier alpha value is -1.90. The van der Waals surface area contributed by atoms with Gasteiger partial charge in [-0.2, -0.15) is 18.4 Å². The molecule has 0 radical (unpaired) electrons. The van der Waals surface area contributed by atoms with Gasteiger partial charge in [0.05, 0.1) is 17.3 Å². The zero-order valence-electron chi connectivity index (χ0n) is 10.1. The molecule has 0 aromatic carbocycles. The van der Waals surface area contributed by atoms with Crippen LogP contribution in [-0.4, -0.2) is 10.8 Å². The normalized spacial score (nSPS) is 23.5. The van der Waals surface area contributed by atoms with E-state index in [1.807, 2.05) is 13.0 Å². The highest BCUT2D eigenvalue weighted by Crippen LogP contribution is 2.41. The first-order valence-electron chi connectivity index (χ1n) is 5.81. The Labute approximate surface area is 108 Å². The third-order valence-corrected chi connectivity index (χ3v) is 3.30. The van der Waals surface area contributed by atoms with Gasteiger partial charge in [0.2, 0.25) is 0 Å². The van der Waals surface area contributed by atoms with Crippen molar-refractivity contribution < 1.29 is 18.0 Å². The van der Waals surface area contributed by atoms with Gasteiger partial charge < -0.3 is 0 Å². The largest absolute Gasteiger partial charge is 0.417 e. The molecule has 3 unspecified atom stereocenters. The van der Waals surface area contributed by atoms with Crippen molar-refractivity contribution in [1.82, 2.24) is 4.98 Å². The molecule has 0 aliphatic heterocycles. The lowest BCUT2D eigenvalue weighted by atomic mass is 9.96. The topological polar surface area (TPSA) is 53.8 Å². The number of halogens is 3. The van der Waals surface area contributed by atoms with Gasteiger partial charge in [-0.1, -0.05) is 6.92 Å². The number of carbonyl (C=O) groups is 1. The van der Waals surface area contributed by atoms with Crippen molar-refractivity contribution in [2.45, 2.75) is 25.4 Å². The van der Waals surface area contributed by atoms with E-state index in [2.05, 4.69) is 4.98 Å². The number of hydrogen-bond donors (Lipinski definition) is 0. The van der Waals surface area contributed by atoms with Gasteiger partial charge in [0, 0.05) is 12.1 Å². The average Bonchev–Trinajstić information content (AvgIpc) is 3.07. The van der Waals surface area contributed by atoms with E-state index in [-0.39, 0.29) is 23.3 Å². The summed E-state index contributed by atoms with van der Waals surface area (Å²) in [5.74, 6) is -1.23. The van der Waals surface area contributed by atoms with Crippen LogP contribution in [0.3, 0.4) is 0 Å². The van der Waals surface area contributed by atoms with Crippen LogP contribution in [0.15, 0.2) is 18.3 Å². The lowest BCUT2D eigenvalue weighted by Crippen LogP contribution is -2.15. The number of aromatic nitrogens is 1. The minimum absolute atomic E-state index is 0.0830. The molecule has 100 valence electrons. The standard InChI is InChI=1S/C13H11F3N2O/c1-7-4-9(7)12(19)10(5-17)11-3-2-8(6-18-11)13(14,15)16/h2-3,6-7,9-10H,4H2,1H3. The molecule has 0 saturated heterocycles. The Balaban J connectivity index is 2.21. The fraction of sp³-hybridized carbons (Fsp3) is 0.462. The highest BCUT2D eigenvalue weighted by atomic mass is 19.4. The maximum atomic E-state index is 12.4. The van der Waals surface area contributed by atoms with E-state index < -0.39 is 17.7 Å². The molecule has 0 amide bonds. The third kappa shape index (κ3) is 2.75. The van der Waals surface area contributed by atoms with Crippen molar-refractivity contribution >= 4 is 5.78 Å². The summed E-state index contributed by atoms with van der Waals surface area (Å²) < 4.78 is 37.1. The van der Waals surface area contributed by atoms with Crippen LogP contribution < -0.4 is 0 Å². The maximum absolute atomic E-state index is 12.4. The summed E-state index contributed by atoms with van der Waals surface area (Å²) in [6.07, 6.45) is -3.08. The number of ketones is 1. The Bertz CT molecular complexity index is 530. The molecule has 1 aromatic heterocycles. The molecule has 1 aliphatic carbocycles. The molecular formula is C13H11F3N2O. The number of Topliss-reactive ketones (excluding diaryl/α,β-unsaturated/α-hetero) is 1. The predicted octanol–water partition coefficient (Wildman–Crippen LogP) is 2.93. The Morgan fingerprint density at radius 3 is 2.53 bits per heavy atom. The zero-order valence-corrected chi connectivity index (χ0v) is 10.1. The molecule has 0 spiro atoms. The molecule has 3 atom stereocenters. The van der Waals surface area contributed by atoms with Crippen LogP contribution >= 0.6 is 0 Å². The Kier molecular flexibility index (Phi) is 3.31. The van der Waals surface area contributed by atoms with Gasteiger partial charge in [-0.3, -0.25) is 9.78 Å². The minimum Gasteiger partial charge on any atom is -0.297 e. The van der Waals surface area contributed by atoms with Crippen molar-refractivity contribution in [3.8, 4) is 6.07 Å². The Morgan fingerprint density at radius 2 is 2.16 bits per heavy atom. The fourth-order valence-electron chi connectivity index (χ4n) is 1.95. The van der Waals surface area contributed by atoms with Crippen LogP contribution in [0.1, 0.15) is 30.5 Å². The number of rotatable bonds is 3. The van der Waals surface area contributed by atoms with Crippen LogP contribution in [0.5, 0.6) is 0 Å². The second-order valence-corrected chi connectivity index (χ2v) is 4.75. The van der Waals surface area contributed by atoms with Crippen molar-refractivity contribution in [3.63, 3.8) is 0 Å².